The summed E-state index contributed by atoms with van der Waals surface area (Å²) in [5, 5.41) is 6.53. The lowest BCUT2D eigenvalue weighted by Crippen LogP contribution is -2.33. The zero-order valence-electron chi connectivity index (χ0n) is 19.9. The van der Waals surface area contributed by atoms with Gasteiger partial charge in [0.15, 0.2) is 16.3 Å². The minimum Gasteiger partial charge on any atom is -0.457 e. The van der Waals surface area contributed by atoms with Crippen LogP contribution in [0.4, 0.5) is 5.69 Å². The Labute approximate surface area is 223 Å². The van der Waals surface area contributed by atoms with E-state index in [2.05, 4.69) is 20.6 Å². The van der Waals surface area contributed by atoms with Gasteiger partial charge >= 0.3 is 0 Å². The standard InChI is InChI=1S/C28H21ClN4O3S/c1-16-5-7-18(14-21(16)29)23-11-9-20(35-23)10-12-25(34)32-28(37)31-22-15-19(8-6-17(22)2)27-33-26-24(36-27)4-3-13-30-26/h3-15H,1-2H3,(H2,31,32,34,37)/b12-10+. The van der Waals surface area contributed by atoms with Crippen LogP contribution in [0.1, 0.15) is 16.9 Å². The molecule has 0 fully saturated rings. The third-order valence-electron chi connectivity index (χ3n) is 5.62. The summed E-state index contributed by atoms with van der Waals surface area (Å²) in [4.78, 5) is 21.1. The first kappa shape index (κ1) is 24.4. The monoisotopic (exact) mass is 528 g/mol. The molecule has 1 amide bonds. The fourth-order valence-electron chi connectivity index (χ4n) is 3.59. The summed E-state index contributed by atoms with van der Waals surface area (Å²) in [6.45, 7) is 3.87. The number of anilines is 1. The van der Waals surface area contributed by atoms with Crippen molar-refractivity contribution in [3.05, 3.63) is 94.8 Å². The number of benzene rings is 2. The van der Waals surface area contributed by atoms with Crippen LogP contribution in [0.5, 0.6) is 0 Å². The summed E-state index contributed by atoms with van der Waals surface area (Å²) in [5.74, 6) is 1.23. The highest BCUT2D eigenvalue weighted by molar-refractivity contribution is 7.80. The second-order valence-corrected chi connectivity index (χ2v) is 9.13. The molecule has 0 aliphatic heterocycles. The quantitative estimate of drug-likeness (QED) is 0.188. The van der Waals surface area contributed by atoms with E-state index in [0.29, 0.717) is 33.7 Å². The number of fused-ring (bicyclic) bond motifs is 1. The highest BCUT2D eigenvalue weighted by Gasteiger charge is 2.12. The van der Waals surface area contributed by atoms with Crippen LogP contribution in [-0.4, -0.2) is 21.0 Å². The molecule has 0 aliphatic carbocycles. The van der Waals surface area contributed by atoms with Crippen LogP contribution in [0.3, 0.4) is 0 Å². The van der Waals surface area contributed by atoms with Crippen molar-refractivity contribution < 1.29 is 13.6 Å². The van der Waals surface area contributed by atoms with Gasteiger partial charge < -0.3 is 14.2 Å². The Hall–Kier alpha value is -4.27. The van der Waals surface area contributed by atoms with Gasteiger partial charge in [-0.3, -0.25) is 10.1 Å². The number of aromatic nitrogens is 2. The van der Waals surface area contributed by atoms with E-state index in [4.69, 9.17) is 32.7 Å². The zero-order valence-corrected chi connectivity index (χ0v) is 21.5. The van der Waals surface area contributed by atoms with E-state index < -0.39 is 5.91 Å². The van der Waals surface area contributed by atoms with E-state index in [0.717, 1.165) is 27.9 Å². The Kier molecular flexibility index (Phi) is 6.85. The van der Waals surface area contributed by atoms with Crippen molar-refractivity contribution in [1.82, 2.24) is 15.3 Å². The molecule has 0 aliphatic rings. The van der Waals surface area contributed by atoms with Crippen LogP contribution in [-0.2, 0) is 4.79 Å². The lowest BCUT2D eigenvalue weighted by molar-refractivity contribution is -0.115. The van der Waals surface area contributed by atoms with Crippen molar-refractivity contribution in [3.8, 4) is 22.8 Å². The van der Waals surface area contributed by atoms with Gasteiger partial charge in [0.05, 0.1) is 0 Å². The van der Waals surface area contributed by atoms with Crippen LogP contribution < -0.4 is 10.6 Å². The number of rotatable bonds is 5. The summed E-state index contributed by atoms with van der Waals surface area (Å²) >= 11 is 11.6. The molecule has 7 nitrogen and oxygen atoms in total. The molecule has 0 saturated carbocycles. The van der Waals surface area contributed by atoms with Gasteiger partial charge in [-0.05, 0) is 85.7 Å². The number of hydrogen-bond donors (Lipinski definition) is 2. The maximum atomic E-state index is 12.4. The second kappa shape index (κ2) is 10.4. The first-order valence-corrected chi connectivity index (χ1v) is 12.1. The maximum absolute atomic E-state index is 12.4. The van der Waals surface area contributed by atoms with Crippen molar-refractivity contribution >= 4 is 57.8 Å². The lowest BCUT2D eigenvalue weighted by atomic mass is 10.1. The van der Waals surface area contributed by atoms with Gasteiger partial charge in [-0.2, -0.15) is 4.98 Å². The fourth-order valence-corrected chi connectivity index (χ4v) is 3.98. The summed E-state index contributed by atoms with van der Waals surface area (Å²) < 4.78 is 11.6. The molecule has 5 aromatic rings. The summed E-state index contributed by atoms with van der Waals surface area (Å²) in [6, 6.07) is 18.6. The molecule has 37 heavy (non-hydrogen) atoms. The molecule has 3 heterocycles. The molecule has 0 unspecified atom stereocenters. The molecule has 0 bridgehead atoms. The van der Waals surface area contributed by atoms with Gasteiger partial charge in [0.1, 0.15) is 11.5 Å². The molecular formula is C28H21ClN4O3S. The number of hydrogen-bond acceptors (Lipinski definition) is 6. The Morgan fingerprint density at radius 2 is 1.81 bits per heavy atom. The van der Waals surface area contributed by atoms with Crippen LogP contribution in [0, 0.1) is 13.8 Å². The average molecular weight is 529 g/mol. The van der Waals surface area contributed by atoms with Gasteiger partial charge in [0.25, 0.3) is 0 Å². The van der Waals surface area contributed by atoms with E-state index in [1.165, 1.54) is 6.08 Å². The molecule has 184 valence electrons. The number of halogens is 1. The van der Waals surface area contributed by atoms with Crippen molar-refractivity contribution in [2.75, 3.05) is 5.32 Å². The largest absolute Gasteiger partial charge is 0.457 e. The molecule has 2 aromatic carbocycles. The normalized spacial score (nSPS) is 11.2. The first-order chi connectivity index (χ1) is 17.9. The Morgan fingerprint density at radius 1 is 1.00 bits per heavy atom. The third kappa shape index (κ3) is 5.61. The zero-order chi connectivity index (χ0) is 25.9. The van der Waals surface area contributed by atoms with Crippen LogP contribution in [0.2, 0.25) is 5.02 Å². The Morgan fingerprint density at radius 3 is 2.62 bits per heavy atom. The number of furan rings is 1. The van der Waals surface area contributed by atoms with Crippen molar-refractivity contribution in [2.45, 2.75) is 13.8 Å². The Balaban J connectivity index is 1.23. The van der Waals surface area contributed by atoms with Gasteiger partial charge in [-0.25, -0.2) is 4.98 Å². The van der Waals surface area contributed by atoms with Crippen molar-refractivity contribution in [3.63, 3.8) is 0 Å². The second-order valence-electron chi connectivity index (χ2n) is 8.32. The minimum absolute atomic E-state index is 0.156. The van der Waals surface area contributed by atoms with Crippen LogP contribution in [0.25, 0.3) is 40.1 Å². The van der Waals surface area contributed by atoms with Crippen molar-refractivity contribution in [2.24, 2.45) is 0 Å². The number of amides is 1. The van der Waals surface area contributed by atoms with E-state index in [1.54, 1.807) is 24.4 Å². The van der Waals surface area contributed by atoms with Gasteiger partial charge in [0.2, 0.25) is 11.8 Å². The van der Waals surface area contributed by atoms with Crippen LogP contribution in [0.15, 0.2) is 81.8 Å². The Bertz CT molecular complexity index is 1640. The number of pyridine rings is 1. The summed E-state index contributed by atoms with van der Waals surface area (Å²) in [6.07, 6.45) is 4.59. The number of nitrogens with zero attached hydrogens (tertiary/aromatic N) is 2. The number of carbonyl (C=O) groups excluding carboxylic acids is 1. The first-order valence-electron chi connectivity index (χ1n) is 11.3. The highest BCUT2D eigenvalue weighted by atomic mass is 35.5. The number of aryl methyl sites for hydroxylation is 2. The number of nitrogens with one attached hydrogen (secondary N) is 2. The van der Waals surface area contributed by atoms with Gasteiger partial charge in [-0.15, -0.1) is 0 Å². The van der Waals surface area contributed by atoms with Crippen LogP contribution >= 0.6 is 23.8 Å². The summed E-state index contributed by atoms with van der Waals surface area (Å²) in [7, 11) is 0. The lowest BCUT2D eigenvalue weighted by Gasteiger charge is -2.11. The molecule has 2 N–H and O–H groups in total. The van der Waals surface area contributed by atoms with Crippen molar-refractivity contribution in [1.29, 1.82) is 0 Å². The van der Waals surface area contributed by atoms with E-state index >= 15 is 0 Å². The predicted octanol–water partition coefficient (Wildman–Crippen LogP) is 6.95. The van der Waals surface area contributed by atoms with Gasteiger partial charge in [0, 0.05) is 34.1 Å². The molecule has 0 spiro atoms. The molecule has 5 rings (SSSR count). The smallest absolute Gasteiger partial charge is 0.250 e. The highest BCUT2D eigenvalue weighted by Crippen LogP contribution is 2.28. The minimum atomic E-state index is -0.396. The molecular weight excluding hydrogens is 508 g/mol. The van der Waals surface area contributed by atoms with E-state index in [1.807, 2.05) is 62.4 Å². The third-order valence-corrected chi connectivity index (χ3v) is 6.23. The molecule has 0 saturated heterocycles. The number of carbonyl (C=O) groups is 1. The summed E-state index contributed by atoms with van der Waals surface area (Å²) in [5.41, 5.74) is 5.39. The topological polar surface area (TPSA) is 93.2 Å². The average Bonchev–Trinajstić information content (AvgIpc) is 3.53. The molecule has 0 radical (unpaired) electrons. The van der Waals surface area contributed by atoms with E-state index in [-0.39, 0.29) is 5.11 Å². The molecule has 0 atom stereocenters. The fraction of sp³-hybridized carbons (Fsp3) is 0.0714. The SMILES string of the molecule is Cc1ccc(-c2ccc(/C=C/C(=O)NC(=S)Nc3cc(-c4nc5ncccc5o4)ccc3C)o2)cc1Cl. The number of thiocarbonyl (C=S) groups is 1. The predicted molar refractivity (Wildman–Crippen MR) is 149 cm³/mol. The molecule has 9 heteroatoms. The van der Waals surface area contributed by atoms with Gasteiger partial charge in [-0.1, -0.05) is 29.8 Å². The van der Waals surface area contributed by atoms with E-state index in [9.17, 15) is 4.79 Å². The molecule has 3 aromatic heterocycles. The maximum Gasteiger partial charge on any atom is 0.250 e. The number of oxazole rings is 1.